The molecule has 1 aliphatic heterocycles. The van der Waals surface area contributed by atoms with Crippen LogP contribution in [-0.2, 0) is 19.4 Å². The van der Waals surface area contributed by atoms with Crippen molar-refractivity contribution in [3.05, 3.63) is 0 Å². The van der Waals surface area contributed by atoms with Crippen molar-refractivity contribution in [2.45, 2.75) is 32.2 Å². The molecule has 7 heteroatoms. The fourth-order valence-electron chi connectivity index (χ4n) is 2.69. The van der Waals surface area contributed by atoms with E-state index >= 15 is 0 Å². The van der Waals surface area contributed by atoms with E-state index in [4.69, 9.17) is 5.11 Å². The number of rotatable bonds is 5. The van der Waals surface area contributed by atoms with Gasteiger partial charge in [0.1, 0.15) is 0 Å². The lowest BCUT2D eigenvalue weighted by molar-refractivity contribution is -0.142. The molecule has 0 radical (unpaired) electrons. The van der Waals surface area contributed by atoms with Crippen LogP contribution in [0.2, 0.25) is 0 Å². The predicted octanol–water partition coefficient (Wildman–Crippen LogP) is 0.133. The third kappa shape index (κ3) is 3.08. The summed E-state index contributed by atoms with van der Waals surface area (Å²) in [4.78, 5) is 24.7. The Hall–Kier alpha value is -1.11. The largest absolute Gasteiger partial charge is 0.481 e. The van der Waals surface area contributed by atoms with Crippen molar-refractivity contribution in [2.75, 3.05) is 18.1 Å². The van der Waals surface area contributed by atoms with E-state index in [1.54, 1.807) is 4.90 Å². The number of carboxylic acid groups (broad SMARTS) is 1. The van der Waals surface area contributed by atoms with E-state index < -0.39 is 27.6 Å². The SMILES string of the molecule is CCCN(C(=O)C1CC1C(=O)O)C1CCS(=O)(=O)C1. The lowest BCUT2D eigenvalue weighted by atomic mass is 10.1. The first-order chi connectivity index (χ1) is 8.85. The molecule has 0 aromatic heterocycles. The third-order valence-electron chi connectivity index (χ3n) is 3.82. The van der Waals surface area contributed by atoms with Crippen molar-refractivity contribution < 1.29 is 23.1 Å². The van der Waals surface area contributed by atoms with E-state index in [0.717, 1.165) is 6.42 Å². The Morgan fingerprint density at radius 2 is 2.00 bits per heavy atom. The maximum atomic E-state index is 12.3. The van der Waals surface area contributed by atoms with Gasteiger partial charge < -0.3 is 10.0 Å². The average Bonchev–Trinajstić information content (AvgIpc) is 3.05. The highest BCUT2D eigenvalue weighted by Gasteiger charge is 2.51. The molecular weight excluding hydrogens is 270 g/mol. The summed E-state index contributed by atoms with van der Waals surface area (Å²) in [6.07, 6.45) is 1.60. The van der Waals surface area contributed by atoms with Gasteiger partial charge in [-0.25, -0.2) is 8.42 Å². The summed E-state index contributed by atoms with van der Waals surface area (Å²) >= 11 is 0. The van der Waals surface area contributed by atoms with Crippen LogP contribution >= 0.6 is 0 Å². The summed E-state index contributed by atoms with van der Waals surface area (Å²) < 4.78 is 23.0. The minimum absolute atomic E-state index is 0.0171. The number of aliphatic carboxylic acids is 1. The summed E-state index contributed by atoms with van der Waals surface area (Å²) in [7, 11) is -3.04. The van der Waals surface area contributed by atoms with Crippen LogP contribution in [0.25, 0.3) is 0 Å². The van der Waals surface area contributed by atoms with Gasteiger partial charge in [-0.05, 0) is 19.3 Å². The Labute approximate surface area is 112 Å². The maximum absolute atomic E-state index is 12.3. The molecule has 1 amide bonds. The molecule has 1 saturated heterocycles. The molecule has 6 nitrogen and oxygen atoms in total. The van der Waals surface area contributed by atoms with Crippen LogP contribution in [0.3, 0.4) is 0 Å². The lowest BCUT2D eigenvalue weighted by Gasteiger charge is -2.28. The van der Waals surface area contributed by atoms with Gasteiger partial charge in [0.05, 0.1) is 23.3 Å². The second-order valence-corrected chi connectivity index (χ2v) is 7.60. The normalized spacial score (nSPS) is 31.9. The van der Waals surface area contributed by atoms with E-state index in [1.165, 1.54) is 0 Å². The molecular formula is C12H19NO5S. The summed E-state index contributed by atoms with van der Waals surface area (Å²) in [5, 5.41) is 8.87. The first kappa shape index (κ1) is 14.3. The van der Waals surface area contributed by atoms with Gasteiger partial charge in [-0.15, -0.1) is 0 Å². The zero-order chi connectivity index (χ0) is 14.2. The zero-order valence-corrected chi connectivity index (χ0v) is 11.7. The Kier molecular flexibility index (Phi) is 3.85. The molecule has 1 aliphatic carbocycles. The van der Waals surface area contributed by atoms with Gasteiger partial charge >= 0.3 is 5.97 Å². The standard InChI is InChI=1S/C12H19NO5S/c1-2-4-13(8-3-5-19(17,18)7-8)11(14)9-6-10(9)12(15)16/h8-10H,2-7H2,1H3,(H,15,16). The highest BCUT2D eigenvalue weighted by molar-refractivity contribution is 7.91. The Morgan fingerprint density at radius 1 is 1.32 bits per heavy atom. The number of carbonyl (C=O) groups is 2. The van der Waals surface area contributed by atoms with Crippen LogP contribution in [0.1, 0.15) is 26.2 Å². The van der Waals surface area contributed by atoms with Crippen LogP contribution in [0.15, 0.2) is 0 Å². The van der Waals surface area contributed by atoms with Gasteiger partial charge in [0, 0.05) is 12.6 Å². The fourth-order valence-corrected chi connectivity index (χ4v) is 4.42. The van der Waals surface area contributed by atoms with E-state index in [0.29, 0.717) is 19.4 Å². The van der Waals surface area contributed by atoms with E-state index in [-0.39, 0.29) is 23.5 Å². The van der Waals surface area contributed by atoms with Crippen molar-refractivity contribution in [3.8, 4) is 0 Å². The number of amides is 1. The van der Waals surface area contributed by atoms with Gasteiger partial charge in [-0.3, -0.25) is 9.59 Å². The molecule has 3 unspecified atom stereocenters. The number of hydrogen-bond acceptors (Lipinski definition) is 4. The number of carboxylic acids is 1. The molecule has 1 N–H and O–H groups in total. The number of nitrogens with zero attached hydrogens (tertiary/aromatic N) is 1. The molecule has 2 aliphatic rings. The predicted molar refractivity (Wildman–Crippen MR) is 68.3 cm³/mol. The van der Waals surface area contributed by atoms with Gasteiger partial charge in [0.25, 0.3) is 0 Å². The van der Waals surface area contributed by atoms with E-state index in [1.807, 2.05) is 6.92 Å². The highest BCUT2D eigenvalue weighted by Crippen LogP contribution is 2.41. The number of sulfone groups is 1. The first-order valence-electron chi connectivity index (χ1n) is 6.59. The van der Waals surface area contributed by atoms with Gasteiger partial charge in [-0.1, -0.05) is 6.92 Å². The molecule has 0 bridgehead atoms. The van der Waals surface area contributed by atoms with Crippen LogP contribution in [0.5, 0.6) is 0 Å². The van der Waals surface area contributed by atoms with Crippen molar-refractivity contribution >= 4 is 21.7 Å². The summed E-state index contributed by atoms with van der Waals surface area (Å²) in [6, 6.07) is -0.271. The zero-order valence-electron chi connectivity index (χ0n) is 10.9. The molecule has 2 fully saturated rings. The Balaban J connectivity index is 2.05. The van der Waals surface area contributed by atoms with Crippen LogP contribution < -0.4 is 0 Å². The smallest absolute Gasteiger partial charge is 0.307 e. The van der Waals surface area contributed by atoms with Gasteiger partial charge in [0.15, 0.2) is 9.84 Å². The fraction of sp³-hybridized carbons (Fsp3) is 0.833. The minimum Gasteiger partial charge on any atom is -0.481 e. The molecule has 2 rings (SSSR count). The third-order valence-corrected chi connectivity index (χ3v) is 5.57. The van der Waals surface area contributed by atoms with Crippen molar-refractivity contribution in [2.24, 2.45) is 11.8 Å². The molecule has 19 heavy (non-hydrogen) atoms. The molecule has 3 atom stereocenters. The highest BCUT2D eigenvalue weighted by atomic mass is 32.2. The second kappa shape index (κ2) is 5.11. The molecule has 0 aromatic rings. The van der Waals surface area contributed by atoms with Gasteiger partial charge in [0.2, 0.25) is 5.91 Å². The topological polar surface area (TPSA) is 91.8 Å². The maximum Gasteiger partial charge on any atom is 0.307 e. The van der Waals surface area contributed by atoms with Crippen molar-refractivity contribution in [1.82, 2.24) is 4.90 Å². The van der Waals surface area contributed by atoms with E-state index in [2.05, 4.69) is 0 Å². The lowest BCUT2D eigenvalue weighted by Crippen LogP contribution is -2.43. The van der Waals surface area contributed by atoms with Crippen molar-refractivity contribution in [1.29, 1.82) is 0 Å². The second-order valence-electron chi connectivity index (χ2n) is 5.38. The van der Waals surface area contributed by atoms with Crippen LogP contribution in [0, 0.1) is 11.8 Å². The molecule has 1 saturated carbocycles. The molecule has 0 spiro atoms. The summed E-state index contributed by atoms with van der Waals surface area (Å²) in [5.41, 5.74) is 0. The summed E-state index contributed by atoms with van der Waals surface area (Å²) in [6.45, 7) is 2.42. The number of carbonyl (C=O) groups excluding carboxylic acids is 1. The van der Waals surface area contributed by atoms with Crippen LogP contribution in [0.4, 0.5) is 0 Å². The monoisotopic (exact) mass is 289 g/mol. The van der Waals surface area contributed by atoms with Gasteiger partial charge in [-0.2, -0.15) is 0 Å². The van der Waals surface area contributed by atoms with Crippen molar-refractivity contribution in [3.63, 3.8) is 0 Å². The average molecular weight is 289 g/mol. The quantitative estimate of drug-likeness (QED) is 0.777. The van der Waals surface area contributed by atoms with Crippen LogP contribution in [-0.4, -0.2) is 54.4 Å². The summed E-state index contributed by atoms with van der Waals surface area (Å²) in [5.74, 6) is -2.01. The first-order valence-corrected chi connectivity index (χ1v) is 8.41. The van der Waals surface area contributed by atoms with E-state index in [9.17, 15) is 18.0 Å². The molecule has 0 aromatic carbocycles. The molecule has 108 valence electrons. The Bertz CT molecular complexity index is 486. The Morgan fingerprint density at radius 3 is 2.42 bits per heavy atom. The molecule has 1 heterocycles. The number of hydrogen-bond donors (Lipinski definition) is 1. The minimum atomic E-state index is -3.04.